The van der Waals surface area contributed by atoms with E-state index in [9.17, 15) is 0 Å². The Morgan fingerprint density at radius 3 is 2.82 bits per heavy atom. The highest BCUT2D eigenvalue weighted by Gasteiger charge is 2.21. The average Bonchev–Trinajstić information content (AvgIpc) is 2.77. The standard InChI is InChI=1S/C14H21BrN2/c1-2-16-9-13-7-8-17(11-13)10-12-3-5-14(15)6-4-12/h3-6,13,16H,2,7-11H2,1H3. The lowest BCUT2D eigenvalue weighted by Gasteiger charge is -2.16. The maximum absolute atomic E-state index is 3.47. The molecule has 0 bridgehead atoms. The third kappa shape index (κ3) is 4.09. The van der Waals surface area contributed by atoms with Gasteiger partial charge in [-0.15, -0.1) is 0 Å². The molecule has 1 saturated heterocycles. The highest BCUT2D eigenvalue weighted by atomic mass is 79.9. The highest BCUT2D eigenvalue weighted by molar-refractivity contribution is 9.10. The zero-order valence-corrected chi connectivity index (χ0v) is 12.0. The topological polar surface area (TPSA) is 15.3 Å². The van der Waals surface area contributed by atoms with Crippen LogP contribution in [0.2, 0.25) is 0 Å². The van der Waals surface area contributed by atoms with Gasteiger partial charge in [0.2, 0.25) is 0 Å². The maximum Gasteiger partial charge on any atom is 0.0233 e. The summed E-state index contributed by atoms with van der Waals surface area (Å²) in [6.07, 6.45) is 1.34. The van der Waals surface area contributed by atoms with Gasteiger partial charge >= 0.3 is 0 Å². The van der Waals surface area contributed by atoms with Crippen molar-refractivity contribution >= 4 is 15.9 Å². The molecule has 1 aromatic rings. The molecule has 1 unspecified atom stereocenters. The van der Waals surface area contributed by atoms with E-state index in [1.54, 1.807) is 0 Å². The number of nitrogens with one attached hydrogen (secondary N) is 1. The van der Waals surface area contributed by atoms with Crippen LogP contribution in [0.4, 0.5) is 0 Å². The van der Waals surface area contributed by atoms with Gasteiger partial charge in [-0.3, -0.25) is 4.90 Å². The van der Waals surface area contributed by atoms with Crippen LogP contribution in [-0.4, -0.2) is 31.1 Å². The molecule has 1 aliphatic heterocycles. The van der Waals surface area contributed by atoms with E-state index in [4.69, 9.17) is 0 Å². The summed E-state index contributed by atoms with van der Waals surface area (Å²) in [5.41, 5.74) is 1.41. The first-order valence-corrected chi connectivity index (χ1v) is 7.24. The largest absolute Gasteiger partial charge is 0.317 e. The lowest BCUT2D eigenvalue weighted by molar-refractivity contribution is 0.314. The monoisotopic (exact) mass is 296 g/mol. The van der Waals surface area contributed by atoms with Crippen LogP contribution in [-0.2, 0) is 6.54 Å². The Bertz CT molecular complexity index is 337. The van der Waals surface area contributed by atoms with E-state index < -0.39 is 0 Å². The zero-order valence-electron chi connectivity index (χ0n) is 10.5. The molecule has 1 heterocycles. The van der Waals surface area contributed by atoms with E-state index in [1.165, 1.54) is 31.6 Å². The first kappa shape index (κ1) is 13.1. The van der Waals surface area contributed by atoms with Crippen molar-refractivity contribution in [2.75, 3.05) is 26.2 Å². The molecule has 0 saturated carbocycles. The van der Waals surface area contributed by atoms with Gasteiger partial charge in [-0.2, -0.15) is 0 Å². The van der Waals surface area contributed by atoms with Gasteiger partial charge < -0.3 is 5.32 Å². The molecule has 1 fully saturated rings. The van der Waals surface area contributed by atoms with Crippen molar-refractivity contribution in [2.24, 2.45) is 5.92 Å². The van der Waals surface area contributed by atoms with Gasteiger partial charge in [-0.25, -0.2) is 0 Å². The van der Waals surface area contributed by atoms with Crippen LogP contribution in [0.25, 0.3) is 0 Å². The molecule has 94 valence electrons. The van der Waals surface area contributed by atoms with E-state index >= 15 is 0 Å². The van der Waals surface area contributed by atoms with Gasteiger partial charge in [-0.1, -0.05) is 35.0 Å². The van der Waals surface area contributed by atoms with E-state index in [1.807, 2.05) is 0 Å². The number of likely N-dealkylation sites (tertiary alicyclic amines) is 1. The van der Waals surface area contributed by atoms with Gasteiger partial charge in [0.25, 0.3) is 0 Å². The minimum absolute atomic E-state index is 0.838. The molecule has 1 aliphatic rings. The SMILES string of the molecule is CCNCC1CCN(Cc2ccc(Br)cc2)C1. The van der Waals surface area contributed by atoms with Crippen LogP contribution in [0, 0.1) is 5.92 Å². The van der Waals surface area contributed by atoms with Crippen LogP contribution >= 0.6 is 15.9 Å². The molecular weight excluding hydrogens is 276 g/mol. The molecular formula is C14H21BrN2. The van der Waals surface area contributed by atoms with Gasteiger partial charge in [0.1, 0.15) is 0 Å². The molecule has 1 aromatic carbocycles. The van der Waals surface area contributed by atoms with Crippen LogP contribution in [0.15, 0.2) is 28.7 Å². The summed E-state index contributed by atoms with van der Waals surface area (Å²) in [5.74, 6) is 0.838. The number of hydrogen-bond acceptors (Lipinski definition) is 2. The molecule has 0 aromatic heterocycles. The Kier molecular flexibility index (Phi) is 5.01. The molecule has 0 aliphatic carbocycles. The van der Waals surface area contributed by atoms with Gasteiger partial charge in [-0.05, 0) is 49.7 Å². The smallest absolute Gasteiger partial charge is 0.0233 e. The first-order chi connectivity index (χ1) is 8.28. The molecule has 0 amide bonds. The van der Waals surface area contributed by atoms with Crippen molar-refractivity contribution in [3.8, 4) is 0 Å². The van der Waals surface area contributed by atoms with Gasteiger partial charge in [0.05, 0.1) is 0 Å². The Morgan fingerprint density at radius 1 is 1.35 bits per heavy atom. The average molecular weight is 297 g/mol. The number of halogens is 1. The third-order valence-corrected chi connectivity index (χ3v) is 3.90. The quantitative estimate of drug-likeness (QED) is 0.899. The van der Waals surface area contributed by atoms with Crippen molar-refractivity contribution in [3.05, 3.63) is 34.3 Å². The Hall–Kier alpha value is -0.380. The minimum Gasteiger partial charge on any atom is -0.317 e. The number of rotatable bonds is 5. The summed E-state index contributed by atoms with van der Waals surface area (Å²) in [7, 11) is 0. The fraction of sp³-hybridized carbons (Fsp3) is 0.571. The number of hydrogen-bond donors (Lipinski definition) is 1. The highest BCUT2D eigenvalue weighted by Crippen LogP contribution is 2.19. The molecule has 0 spiro atoms. The van der Waals surface area contributed by atoms with E-state index in [0.717, 1.165) is 23.5 Å². The zero-order chi connectivity index (χ0) is 12.1. The second-order valence-electron chi connectivity index (χ2n) is 4.82. The van der Waals surface area contributed by atoms with Gasteiger partial charge in [0.15, 0.2) is 0 Å². The molecule has 17 heavy (non-hydrogen) atoms. The summed E-state index contributed by atoms with van der Waals surface area (Å²) in [5, 5.41) is 3.45. The van der Waals surface area contributed by atoms with Crippen molar-refractivity contribution in [3.63, 3.8) is 0 Å². The van der Waals surface area contributed by atoms with Gasteiger partial charge in [0, 0.05) is 17.6 Å². The Labute approximate surface area is 113 Å². The normalized spacial score (nSPS) is 20.9. The molecule has 1 N–H and O–H groups in total. The Balaban J connectivity index is 1.79. The van der Waals surface area contributed by atoms with Crippen LogP contribution < -0.4 is 5.32 Å². The van der Waals surface area contributed by atoms with Crippen molar-refractivity contribution in [1.82, 2.24) is 10.2 Å². The fourth-order valence-corrected chi connectivity index (χ4v) is 2.68. The summed E-state index contributed by atoms with van der Waals surface area (Å²) >= 11 is 3.47. The molecule has 2 rings (SSSR count). The molecule has 1 atom stereocenters. The first-order valence-electron chi connectivity index (χ1n) is 6.45. The number of benzene rings is 1. The Morgan fingerprint density at radius 2 is 2.12 bits per heavy atom. The van der Waals surface area contributed by atoms with Crippen molar-refractivity contribution in [1.29, 1.82) is 0 Å². The molecule has 3 heteroatoms. The lowest BCUT2D eigenvalue weighted by Crippen LogP contribution is -2.26. The van der Waals surface area contributed by atoms with Crippen molar-refractivity contribution in [2.45, 2.75) is 19.9 Å². The summed E-state index contributed by atoms with van der Waals surface area (Å²) in [6, 6.07) is 8.67. The molecule has 2 nitrogen and oxygen atoms in total. The fourth-order valence-electron chi connectivity index (χ4n) is 2.42. The summed E-state index contributed by atoms with van der Waals surface area (Å²) in [4.78, 5) is 2.56. The van der Waals surface area contributed by atoms with E-state index in [2.05, 4.69) is 57.3 Å². The van der Waals surface area contributed by atoms with Crippen LogP contribution in [0.3, 0.4) is 0 Å². The van der Waals surface area contributed by atoms with E-state index in [-0.39, 0.29) is 0 Å². The second-order valence-corrected chi connectivity index (χ2v) is 5.74. The third-order valence-electron chi connectivity index (χ3n) is 3.37. The van der Waals surface area contributed by atoms with Crippen LogP contribution in [0.5, 0.6) is 0 Å². The summed E-state index contributed by atoms with van der Waals surface area (Å²) < 4.78 is 1.16. The summed E-state index contributed by atoms with van der Waals surface area (Å²) in [6.45, 7) is 8.01. The maximum atomic E-state index is 3.47. The second kappa shape index (κ2) is 6.53. The molecule has 0 radical (unpaired) electrons. The van der Waals surface area contributed by atoms with Crippen molar-refractivity contribution < 1.29 is 0 Å². The minimum atomic E-state index is 0.838. The lowest BCUT2D eigenvalue weighted by atomic mass is 10.1. The predicted octanol–water partition coefficient (Wildman–Crippen LogP) is 2.88. The van der Waals surface area contributed by atoms with Crippen LogP contribution in [0.1, 0.15) is 18.9 Å². The van der Waals surface area contributed by atoms with E-state index in [0.29, 0.717) is 0 Å². The number of nitrogens with zero attached hydrogens (tertiary/aromatic N) is 1. The predicted molar refractivity (Wildman–Crippen MR) is 76.1 cm³/mol.